The Morgan fingerprint density at radius 2 is 2.06 bits per heavy atom. The molecule has 3 heterocycles. The highest BCUT2D eigenvalue weighted by atomic mass is 16.5. The molecule has 0 radical (unpaired) electrons. The van der Waals surface area contributed by atoms with Gasteiger partial charge in [0, 0.05) is 25.4 Å². The second-order valence-electron chi connectivity index (χ2n) is 7.36. The van der Waals surface area contributed by atoms with Crippen molar-refractivity contribution < 1.29 is 14.6 Å². The average molecular weight is 435 g/mol. The summed E-state index contributed by atoms with van der Waals surface area (Å²) in [4.78, 5) is 15.2. The number of ether oxygens (including phenoxy) is 2. The van der Waals surface area contributed by atoms with Gasteiger partial charge in [0.25, 0.3) is 0 Å². The molecule has 9 heteroatoms. The van der Waals surface area contributed by atoms with Gasteiger partial charge >= 0.3 is 6.01 Å². The van der Waals surface area contributed by atoms with Crippen LogP contribution in [0.4, 0.5) is 11.6 Å². The van der Waals surface area contributed by atoms with E-state index in [2.05, 4.69) is 30.4 Å². The van der Waals surface area contributed by atoms with Crippen LogP contribution in [-0.2, 0) is 4.74 Å². The summed E-state index contributed by atoms with van der Waals surface area (Å²) in [6, 6.07) is 15.4. The number of benzene rings is 1. The highest BCUT2D eigenvalue weighted by Gasteiger charge is 2.17. The Labute approximate surface area is 186 Å². The van der Waals surface area contributed by atoms with Gasteiger partial charge in [-0.05, 0) is 24.6 Å². The van der Waals surface area contributed by atoms with Crippen LogP contribution >= 0.6 is 0 Å². The van der Waals surface area contributed by atoms with Crippen molar-refractivity contribution in [2.75, 3.05) is 43.2 Å². The molecular weight excluding hydrogens is 408 g/mol. The first-order valence-corrected chi connectivity index (χ1v) is 10.5. The van der Waals surface area contributed by atoms with E-state index in [0.29, 0.717) is 30.5 Å². The average Bonchev–Trinajstić information content (AvgIpc) is 2.83. The lowest BCUT2D eigenvalue weighted by molar-refractivity contribution is 0.0989. The molecule has 3 aromatic rings. The largest absolute Gasteiger partial charge is 0.460 e. The number of aliphatic hydroxyl groups excluding tert-OH is 1. The highest BCUT2D eigenvalue weighted by Crippen LogP contribution is 2.21. The predicted molar refractivity (Wildman–Crippen MR) is 122 cm³/mol. The van der Waals surface area contributed by atoms with Crippen LogP contribution in [0.1, 0.15) is 22.9 Å². The lowest BCUT2D eigenvalue weighted by Crippen LogP contribution is -2.36. The van der Waals surface area contributed by atoms with Crippen LogP contribution in [0.2, 0.25) is 0 Å². The number of nitrogens with one attached hydrogen (secondary N) is 1. The SMILES string of the molecule is Cc1cccc(C=NNc2cc(N3CCOCC3)nc(OCC(O)c3ccccn3)n2)c1. The molecule has 2 N–H and O–H groups in total. The van der Waals surface area contributed by atoms with Crippen LogP contribution in [0, 0.1) is 6.92 Å². The number of anilines is 2. The summed E-state index contributed by atoms with van der Waals surface area (Å²) in [6.45, 7) is 4.72. The van der Waals surface area contributed by atoms with Crippen LogP contribution < -0.4 is 15.1 Å². The molecule has 1 aliphatic heterocycles. The molecule has 1 unspecified atom stereocenters. The van der Waals surface area contributed by atoms with E-state index in [1.807, 2.05) is 43.3 Å². The Bertz CT molecular complexity index is 1040. The number of hydrogen-bond acceptors (Lipinski definition) is 9. The third-order valence-electron chi connectivity index (χ3n) is 4.86. The molecule has 1 saturated heterocycles. The lowest BCUT2D eigenvalue weighted by Gasteiger charge is -2.28. The molecule has 1 fully saturated rings. The minimum Gasteiger partial charge on any atom is -0.460 e. The minimum atomic E-state index is -0.886. The van der Waals surface area contributed by atoms with E-state index in [1.54, 1.807) is 24.5 Å². The first kappa shape index (κ1) is 21.7. The fraction of sp³-hybridized carbons (Fsp3) is 0.304. The molecule has 4 rings (SSSR count). The Balaban J connectivity index is 1.49. The van der Waals surface area contributed by atoms with E-state index in [9.17, 15) is 5.11 Å². The summed E-state index contributed by atoms with van der Waals surface area (Å²) < 4.78 is 11.2. The van der Waals surface area contributed by atoms with Gasteiger partial charge in [-0.1, -0.05) is 35.9 Å². The quantitative estimate of drug-likeness (QED) is 0.412. The fourth-order valence-electron chi connectivity index (χ4n) is 3.22. The number of pyridine rings is 1. The summed E-state index contributed by atoms with van der Waals surface area (Å²) in [5.74, 6) is 1.20. The van der Waals surface area contributed by atoms with E-state index in [-0.39, 0.29) is 12.6 Å². The maximum Gasteiger partial charge on any atom is 0.320 e. The van der Waals surface area contributed by atoms with Crippen LogP contribution in [0.15, 0.2) is 59.8 Å². The second kappa shape index (κ2) is 10.7. The summed E-state index contributed by atoms with van der Waals surface area (Å²) in [5.41, 5.74) is 5.62. The first-order chi connectivity index (χ1) is 15.7. The van der Waals surface area contributed by atoms with Gasteiger partial charge in [0.2, 0.25) is 0 Å². The van der Waals surface area contributed by atoms with Crippen molar-refractivity contribution in [3.05, 3.63) is 71.5 Å². The van der Waals surface area contributed by atoms with E-state index < -0.39 is 6.10 Å². The standard InChI is InChI=1S/C23H26N6O3/c1-17-5-4-6-18(13-17)15-25-28-21-14-22(29-9-11-31-12-10-29)27-23(26-21)32-16-20(30)19-7-2-3-8-24-19/h2-8,13-15,20,30H,9-12,16H2,1H3,(H,26,27,28). The highest BCUT2D eigenvalue weighted by molar-refractivity contribution is 5.80. The molecule has 1 atom stereocenters. The lowest BCUT2D eigenvalue weighted by atomic mass is 10.2. The Hall–Kier alpha value is -3.56. The molecule has 1 aliphatic rings. The Morgan fingerprint density at radius 3 is 2.84 bits per heavy atom. The minimum absolute atomic E-state index is 0.0183. The van der Waals surface area contributed by atoms with Gasteiger partial charge in [0.15, 0.2) is 5.82 Å². The molecule has 0 saturated carbocycles. The molecule has 0 spiro atoms. The van der Waals surface area contributed by atoms with Gasteiger partial charge in [0.1, 0.15) is 18.5 Å². The summed E-state index contributed by atoms with van der Waals surface area (Å²) >= 11 is 0. The second-order valence-corrected chi connectivity index (χ2v) is 7.36. The van der Waals surface area contributed by atoms with E-state index >= 15 is 0 Å². The zero-order valence-corrected chi connectivity index (χ0v) is 17.9. The maximum absolute atomic E-state index is 10.3. The Kier molecular flexibility index (Phi) is 7.21. The van der Waals surface area contributed by atoms with Crippen LogP contribution in [0.5, 0.6) is 6.01 Å². The number of morpholine rings is 1. The molecule has 9 nitrogen and oxygen atoms in total. The van der Waals surface area contributed by atoms with E-state index in [1.165, 1.54) is 0 Å². The molecule has 32 heavy (non-hydrogen) atoms. The van der Waals surface area contributed by atoms with Gasteiger partial charge in [0.05, 0.1) is 25.1 Å². The molecule has 166 valence electrons. The summed E-state index contributed by atoms with van der Waals surface area (Å²) in [6.07, 6.45) is 2.47. The van der Waals surface area contributed by atoms with Gasteiger partial charge in [-0.25, -0.2) is 0 Å². The fourth-order valence-corrected chi connectivity index (χ4v) is 3.22. The monoisotopic (exact) mass is 434 g/mol. The van der Waals surface area contributed by atoms with Crippen molar-refractivity contribution in [1.29, 1.82) is 0 Å². The van der Waals surface area contributed by atoms with Crippen molar-refractivity contribution in [2.45, 2.75) is 13.0 Å². The predicted octanol–water partition coefficient (Wildman–Crippen LogP) is 2.58. The van der Waals surface area contributed by atoms with Crippen molar-refractivity contribution in [3.8, 4) is 6.01 Å². The van der Waals surface area contributed by atoms with Gasteiger partial charge in [-0.3, -0.25) is 10.4 Å². The van der Waals surface area contributed by atoms with Crippen molar-refractivity contribution in [3.63, 3.8) is 0 Å². The van der Waals surface area contributed by atoms with Gasteiger partial charge in [-0.2, -0.15) is 15.1 Å². The molecular formula is C23H26N6O3. The molecule has 2 aromatic heterocycles. The molecule has 0 aliphatic carbocycles. The van der Waals surface area contributed by atoms with Crippen molar-refractivity contribution in [2.24, 2.45) is 5.10 Å². The smallest absolute Gasteiger partial charge is 0.320 e. The third-order valence-corrected chi connectivity index (χ3v) is 4.86. The topological polar surface area (TPSA) is 105 Å². The van der Waals surface area contributed by atoms with Crippen molar-refractivity contribution >= 4 is 17.9 Å². The molecule has 0 bridgehead atoms. The van der Waals surface area contributed by atoms with E-state index in [0.717, 1.165) is 24.2 Å². The number of aryl methyl sites for hydroxylation is 1. The number of hydrazone groups is 1. The van der Waals surface area contributed by atoms with Crippen LogP contribution in [-0.4, -0.2) is 59.2 Å². The summed E-state index contributed by atoms with van der Waals surface area (Å²) in [5, 5.41) is 14.6. The van der Waals surface area contributed by atoms with Crippen LogP contribution in [0.3, 0.4) is 0 Å². The zero-order valence-electron chi connectivity index (χ0n) is 17.9. The summed E-state index contributed by atoms with van der Waals surface area (Å²) in [7, 11) is 0. The number of aromatic nitrogens is 3. The number of hydrogen-bond donors (Lipinski definition) is 2. The third kappa shape index (κ3) is 5.99. The van der Waals surface area contributed by atoms with Crippen molar-refractivity contribution in [1.82, 2.24) is 15.0 Å². The zero-order chi connectivity index (χ0) is 22.2. The molecule has 1 aromatic carbocycles. The van der Waals surface area contributed by atoms with Gasteiger partial charge in [-0.15, -0.1) is 0 Å². The number of nitrogens with zero attached hydrogens (tertiary/aromatic N) is 5. The van der Waals surface area contributed by atoms with Gasteiger partial charge < -0.3 is 19.5 Å². The van der Waals surface area contributed by atoms with E-state index in [4.69, 9.17) is 9.47 Å². The maximum atomic E-state index is 10.3. The number of aliphatic hydroxyl groups is 1. The Morgan fingerprint density at radius 1 is 1.19 bits per heavy atom. The number of rotatable bonds is 8. The molecule has 0 amide bonds. The van der Waals surface area contributed by atoms with Crippen LogP contribution in [0.25, 0.3) is 0 Å². The first-order valence-electron chi connectivity index (χ1n) is 10.5. The normalized spacial score (nSPS) is 15.0.